The molecule has 2 amide bonds. The van der Waals surface area contributed by atoms with E-state index < -0.39 is 6.04 Å². The molecule has 7 nitrogen and oxygen atoms in total. The third-order valence-corrected chi connectivity index (χ3v) is 4.89. The highest BCUT2D eigenvalue weighted by Gasteiger charge is 2.34. The van der Waals surface area contributed by atoms with Crippen LogP contribution in [0.1, 0.15) is 23.6 Å². The van der Waals surface area contributed by atoms with Crippen LogP contribution in [0.2, 0.25) is 0 Å². The molecule has 0 aromatic heterocycles. The summed E-state index contributed by atoms with van der Waals surface area (Å²) in [6.07, 6.45) is 0.459. The van der Waals surface area contributed by atoms with E-state index in [0.717, 1.165) is 11.1 Å². The summed E-state index contributed by atoms with van der Waals surface area (Å²) in [7, 11) is 4.54. The third kappa shape index (κ3) is 4.83. The van der Waals surface area contributed by atoms with Crippen molar-refractivity contribution in [2.45, 2.75) is 12.5 Å². The monoisotopic (exact) mass is 413 g/mol. The topological polar surface area (TPSA) is 71.4 Å². The van der Waals surface area contributed by atoms with E-state index in [1.54, 1.807) is 19.2 Å². The highest BCUT2D eigenvalue weighted by Crippen LogP contribution is 2.33. The molecule has 1 aliphatic heterocycles. The highest BCUT2D eigenvalue weighted by molar-refractivity contribution is 6.03. The summed E-state index contributed by atoms with van der Waals surface area (Å²) in [6, 6.07) is 13.0. The molecule has 158 valence electrons. The predicted molar refractivity (Wildman–Crippen MR) is 110 cm³/mol. The Morgan fingerprint density at radius 3 is 2.60 bits per heavy atom. The van der Waals surface area contributed by atoms with Gasteiger partial charge in [-0.25, -0.2) is 9.40 Å². The largest absolute Gasteiger partial charge is 0.497 e. The molecule has 1 unspecified atom stereocenters. The fourth-order valence-electron chi connectivity index (χ4n) is 3.26. The quantitative estimate of drug-likeness (QED) is 0.700. The van der Waals surface area contributed by atoms with Crippen molar-refractivity contribution in [1.82, 2.24) is 9.91 Å². The summed E-state index contributed by atoms with van der Waals surface area (Å²) in [6.45, 7) is -0.252. The number of hydrogen-bond acceptors (Lipinski definition) is 5. The Bertz CT molecular complexity index is 946. The number of hydrogen-bond donors (Lipinski definition) is 0. The normalized spacial score (nSPS) is 15.7. The number of likely N-dealkylation sites (N-methyl/N-ethyl adjacent to an activating group) is 1. The number of halogens is 1. The first kappa shape index (κ1) is 21.4. The van der Waals surface area contributed by atoms with Gasteiger partial charge in [-0.3, -0.25) is 9.59 Å². The fourth-order valence-corrected chi connectivity index (χ4v) is 3.26. The summed E-state index contributed by atoms with van der Waals surface area (Å²) in [5.74, 6) is -0.314. The van der Waals surface area contributed by atoms with Gasteiger partial charge in [0.2, 0.25) is 5.91 Å². The summed E-state index contributed by atoms with van der Waals surface area (Å²) >= 11 is 0. The van der Waals surface area contributed by atoms with Crippen molar-refractivity contribution in [2.24, 2.45) is 5.10 Å². The second kappa shape index (κ2) is 9.49. The van der Waals surface area contributed by atoms with E-state index in [-0.39, 0.29) is 30.8 Å². The lowest BCUT2D eigenvalue weighted by Crippen LogP contribution is -2.40. The van der Waals surface area contributed by atoms with Gasteiger partial charge in [0.1, 0.15) is 24.7 Å². The smallest absolute Gasteiger partial charge is 0.262 e. The second-order valence-corrected chi connectivity index (χ2v) is 6.97. The number of hydrazone groups is 1. The molecule has 0 spiro atoms. The molecular formula is C22H24FN3O4. The summed E-state index contributed by atoms with van der Waals surface area (Å²) < 4.78 is 23.5. The number of methoxy groups -OCH3 is 2. The molecule has 0 radical (unpaired) electrons. The molecule has 0 N–H and O–H groups in total. The van der Waals surface area contributed by atoms with Crippen LogP contribution in [0.15, 0.2) is 53.6 Å². The van der Waals surface area contributed by atoms with Crippen LogP contribution in [0.5, 0.6) is 5.75 Å². The summed E-state index contributed by atoms with van der Waals surface area (Å²) in [5.41, 5.74) is 2.31. The van der Waals surface area contributed by atoms with Gasteiger partial charge in [-0.15, -0.1) is 0 Å². The maximum Gasteiger partial charge on any atom is 0.262 e. The van der Waals surface area contributed by atoms with Crippen LogP contribution in [0.4, 0.5) is 4.39 Å². The predicted octanol–water partition coefficient (Wildman–Crippen LogP) is 2.62. The van der Waals surface area contributed by atoms with Crippen molar-refractivity contribution in [3.05, 3.63) is 65.5 Å². The Hall–Kier alpha value is -3.26. The first-order valence-electron chi connectivity index (χ1n) is 9.45. The molecule has 2 aromatic carbocycles. The number of amides is 2. The highest BCUT2D eigenvalue weighted by atomic mass is 19.1. The second-order valence-electron chi connectivity index (χ2n) is 6.97. The molecule has 0 aliphatic carbocycles. The van der Waals surface area contributed by atoms with Crippen LogP contribution in [0.3, 0.4) is 0 Å². The lowest BCUT2D eigenvalue weighted by atomic mass is 9.98. The minimum absolute atomic E-state index is 0.108. The van der Waals surface area contributed by atoms with Crippen LogP contribution in [0, 0.1) is 5.82 Å². The number of ether oxygens (including phenoxy) is 2. The fraction of sp³-hybridized carbons (Fsp3) is 0.318. The van der Waals surface area contributed by atoms with E-state index in [4.69, 9.17) is 9.47 Å². The van der Waals surface area contributed by atoms with Gasteiger partial charge in [0, 0.05) is 26.1 Å². The minimum atomic E-state index is -0.398. The number of carbonyl (C=O) groups is 2. The lowest BCUT2D eigenvalue weighted by molar-refractivity contribution is -0.142. The minimum Gasteiger partial charge on any atom is -0.497 e. The van der Waals surface area contributed by atoms with Crippen LogP contribution in [-0.2, 0) is 14.3 Å². The van der Waals surface area contributed by atoms with Gasteiger partial charge in [-0.1, -0.05) is 24.3 Å². The Labute approximate surface area is 174 Å². The molecule has 0 bridgehead atoms. The van der Waals surface area contributed by atoms with E-state index in [1.165, 1.54) is 36.2 Å². The molecule has 0 saturated heterocycles. The van der Waals surface area contributed by atoms with E-state index in [0.29, 0.717) is 17.9 Å². The third-order valence-electron chi connectivity index (χ3n) is 4.89. The van der Waals surface area contributed by atoms with E-state index >= 15 is 0 Å². The Kier molecular flexibility index (Phi) is 6.79. The van der Waals surface area contributed by atoms with Gasteiger partial charge in [-0.05, 0) is 29.8 Å². The van der Waals surface area contributed by atoms with Crippen LogP contribution < -0.4 is 4.74 Å². The van der Waals surface area contributed by atoms with Crippen molar-refractivity contribution in [3.63, 3.8) is 0 Å². The molecule has 2 aromatic rings. The van der Waals surface area contributed by atoms with Crippen molar-refractivity contribution in [3.8, 4) is 5.75 Å². The Balaban J connectivity index is 1.89. The lowest BCUT2D eigenvalue weighted by Gasteiger charge is -2.24. The molecule has 1 atom stereocenters. The van der Waals surface area contributed by atoms with Gasteiger partial charge in [-0.2, -0.15) is 5.10 Å². The molecule has 0 fully saturated rings. The van der Waals surface area contributed by atoms with Gasteiger partial charge >= 0.3 is 0 Å². The van der Waals surface area contributed by atoms with E-state index in [1.807, 2.05) is 24.3 Å². The van der Waals surface area contributed by atoms with Gasteiger partial charge in [0.05, 0.1) is 18.9 Å². The zero-order valence-corrected chi connectivity index (χ0v) is 17.2. The Morgan fingerprint density at radius 2 is 1.93 bits per heavy atom. The van der Waals surface area contributed by atoms with Crippen molar-refractivity contribution < 1.29 is 23.5 Å². The summed E-state index contributed by atoms with van der Waals surface area (Å²) in [5, 5.41) is 5.93. The van der Waals surface area contributed by atoms with Gasteiger partial charge in [0.25, 0.3) is 5.91 Å². The van der Waals surface area contributed by atoms with E-state index in [2.05, 4.69) is 5.10 Å². The average molecular weight is 413 g/mol. The number of carbonyl (C=O) groups excluding carboxylic acids is 2. The zero-order valence-electron chi connectivity index (χ0n) is 17.2. The summed E-state index contributed by atoms with van der Waals surface area (Å²) in [4.78, 5) is 26.3. The number of nitrogens with zero attached hydrogens (tertiary/aromatic N) is 3. The van der Waals surface area contributed by atoms with Crippen molar-refractivity contribution in [2.75, 3.05) is 34.4 Å². The zero-order chi connectivity index (χ0) is 21.7. The van der Waals surface area contributed by atoms with Crippen LogP contribution in [-0.4, -0.2) is 61.9 Å². The van der Waals surface area contributed by atoms with Crippen molar-refractivity contribution >= 4 is 17.5 Å². The van der Waals surface area contributed by atoms with Gasteiger partial charge < -0.3 is 14.4 Å². The maximum absolute atomic E-state index is 13.4. The van der Waals surface area contributed by atoms with Crippen molar-refractivity contribution in [1.29, 1.82) is 0 Å². The SMILES string of the molecule is COCC(=O)N(C)CC(=O)N1N=C(c2cccc(OC)c2)CC1c1ccc(F)cc1. The molecule has 30 heavy (non-hydrogen) atoms. The maximum atomic E-state index is 13.4. The van der Waals surface area contributed by atoms with E-state index in [9.17, 15) is 14.0 Å². The molecular weight excluding hydrogens is 389 g/mol. The molecule has 0 saturated carbocycles. The average Bonchev–Trinajstić information content (AvgIpc) is 3.20. The molecule has 1 heterocycles. The van der Waals surface area contributed by atoms with Gasteiger partial charge in [0.15, 0.2) is 0 Å². The molecule has 8 heteroatoms. The first-order chi connectivity index (χ1) is 14.4. The Morgan fingerprint density at radius 1 is 1.20 bits per heavy atom. The van der Waals surface area contributed by atoms with Crippen LogP contribution >= 0.6 is 0 Å². The number of rotatable bonds is 7. The standard InChI is InChI=1S/C22H24FN3O4/c1-25(22(28)14-29-2)13-21(27)26-20(15-7-9-17(23)10-8-15)12-19(24-26)16-5-4-6-18(11-16)30-3/h4-11,20H,12-14H2,1-3H3. The van der Waals surface area contributed by atoms with Crippen LogP contribution in [0.25, 0.3) is 0 Å². The first-order valence-corrected chi connectivity index (χ1v) is 9.45. The molecule has 1 aliphatic rings. The molecule has 3 rings (SSSR count). The number of benzene rings is 2.